The van der Waals surface area contributed by atoms with Crippen molar-refractivity contribution < 1.29 is 14.7 Å². The number of carbonyl (C=O) groups is 2. The highest BCUT2D eigenvalue weighted by Crippen LogP contribution is 2.34. The number of hydrogen-bond donors (Lipinski definition) is 1. The Morgan fingerprint density at radius 1 is 1.32 bits per heavy atom. The first-order chi connectivity index (χ1) is 9.20. The Balaban J connectivity index is 1.63. The number of nitrogens with zero attached hydrogens (tertiary/aromatic N) is 2. The van der Waals surface area contributed by atoms with E-state index in [9.17, 15) is 9.59 Å². The van der Waals surface area contributed by atoms with Gasteiger partial charge in [0.2, 0.25) is 11.8 Å². The minimum Gasteiger partial charge on any atom is -0.395 e. The summed E-state index contributed by atoms with van der Waals surface area (Å²) in [5.41, 5.74) is 0. The highest BCUT2D eigenvalue weighted by Gasteiger charge is 2.43. The lowest BCUT2D eigenvalue weighted by molar-refractivity contribution is -0.140. The quantitative estimate of drug-likeness (QED) is 0.782. The number of likely N-dealkylation sites (tertiary alicyclic amines) is 1. The molecule has 0 aromatic carbocycles. The predicted molar refractivity (Wildman–Crippen MR) is 69.3 cm³/mol. The van der Waals surface area contributed by atoms with Crippen LogP contribution in [-0.2, 0) is 9.59 Å². The number of amides is 2. The van der Waals surface area contributed by atoms with Crippen LogP contribution in [0.3, 0.4) is 0 Å². The molecule has 3 aliphatic rings. The standard InChI is InChI=1S/C14H22N2O3/c17-7-6-15(11-2-1-3-11)14(19)10-8-13(18)16(9-10)12-4-5-12/h10-12,17H,1-9H2. The van der Waals surface area contributed by atoms with Gasteiger partial charge in [-0.15, -0.1) is 0 Å². The highest BCUT2D eigenvalue weighted by atomic mass is 16.3. The van der Waals surface area contributed by atoms with E-state index in [0.29, 0.717) is 31.6 Å². The summed E-state index contributed by atoms with van der Waals surface area (Å²) < 4.78 is 0. The normalized spacial score (nSPS) is 27.5. The van der Waals surface area contributed by atoms with Crippen molar-refractivity contribution >= 4 is 11.8 Å². The maximum absolute atomic E-state index is 12.5. The Morgan fingerprint density at radius 3 is 2.58 bits per heavy atom. The fourth-order valence-corrected chi connectivity index (χ4v) is 3.15. The van der Waals surface area contributed by atoms with E-state index >= 15 is 0 Å². The molecule has 19 heavy (non-hydrogen) atoms. The molecule has 2 aliphatic carbocycles. The molecule has 1 atom stereocenters. The Labute approximate surface area is 113 Å². The predicted octanol–water partition coefficient (Wildman–Crippen LogP) is 0.371. The smallest absolute Gasteiger partial charge is 0.228 e. The van der Waals surface area contributed by atoms with Crippen molar-refractivity contribution in [1.82, 2.24) is 9.80 Å². The first kappa shape index (κ1) is 12.9. The number of rotatable bonds is 5. The number of aliphatic hydroxyl groups excluding tert-OH is 1. The molecule has 2 saturated carbocycles. The van der Waals surface area contributed by atoms with Crippen LogP contribution in [0.4, 0.5) is 0 Å². The van der Waals surface area contributed by atoms with E-state index in [2.05, 4.69) is 0 Å². The topological polar surface area (TPSA) is 60.9 Å². The van der Waals surface area contributed by atoms with Crippen molar-refractivity contribution in [3.63, 3.8) is 0 Å². The molecule has 0 radical (unpaired) electrons. The van der Waals surface area contributed by atoms with E-state index in [1.54, 1.807) is 0 Å². The first-order valence-corrected chi connectivity index (χ1v) is 7.41. The minimum atomic E-state index is -0.180. The van der Waals surface area contributed by atoms with E-state index in [1.807, 2.05) is 9.80 Å². The van der Waals surface area contributed by atoms with Crippen LogP contribution >= 0.6 is 0 Å². The number of carbonyl (C=O) groups excluding carboxylic acids is 2. The number of aliphatic hydroxyl groups is 1. The Kier molecular flexibility index (Phi) is 3.48. The molecular formula is C14H22N2O3. The second-order valence-electron chi connectivity index (χ2n) is 6.02. The van der Waals surface area contributed by atoms with Gasteiger partial charge in [-0.05, 0) is 32.1 Å². The van der Waals surface area contributed by atoms with Crippen LogP contribution in [0.1, 0.15) is 38.5 Å². The lowest BCUT2D eigenvalue weighted by Gasteiger charge is -2.38. The summed E-state index contributed by atoms with van der Waals surface area (Å²) >= 11 is 0. The van der Waals surface area contributed by atoms with Crippen molar-refractivity contribution in [2.24, 2.45) is 5.92 Å². The second kappa shape index (κ2) is 5.12. The van der Waals surface area contributed by atoms with Crippen molar-refractivity contribution in [3.8, 4) is 0 Å². The monoisotopic (exact) mass is 266 g/mol. The van der Waals surface area contributed by atoms with E-state index in [4.69, 9.17) is 5.11 Å². The molecule has 5 nitrogen and oxygen atoms in total. The van der Waals surface area contributed by atoms with Gasteiger partial charge in [0, 0.05) is 31.6 Å². The summed E-state index contributed by atoms with van der Waals surface area (Å²) in [6, 6.07) is 0.699. The molecule has 1 saturated heterocycles. The van der Waals surface area contributed by atoms with Crippen molar-refractivity contribution in [2.75, 3.05) is 19.7 Å². The molecular weight excluding hydrogens is 244 g/mol. The van der Waals surface area contributed by atoms with Crippen LogP contribution in [-0.4, -0.2) is 58.5 Å². The van der Waals surface area contributed by atoms with Gasteiger partial charge in [0.05, 0.1) is 12.5 Å². The molecule has 1 heterocycles. The van der Waals surface area contributed by atoms with E-state index in [0.717, 1.165) is 32.1 Å². The fourth-order valence-electron chi connectivity index (χ4n) is 3.15. The lowest BCUT2D eigenvalue weighted by Crippen LogP contribution is -2.48. The molecule has 0 bridgehead atoms. The average Bonchev–Trinajstić information content (AvgIpc) is 3.09. The van der Waals surface area contributed by atoms with E-state index in [1.165, 1.54) is 0 Å². The molecule has 3 fully saturated rings. The Morgan fingerprint density at radius 2 is 2.05 bits per heavy atom. The molecule has 106 valence electrons. The van der Waals surface area contributed by atoms with Crippen molar-refractivity contribution in [1.29, 1.82) is 0 Å². The first-order valence-electron chi connectivity index (χ1n) is 7.41. The molecule has 0 aromatic rings. The third-order valence-electron chi connectivity index (χ3n) is 4.63. The third kappa shape index (κ3) is 2.48. The van der Waals surface area contributed by atoms with E-state index < -0.39 is 0 Å². The summed E-state index contributed by atoms with van der Waals surface area (Å²) in [5, 5.41) is 9.13. The van der Waals surface area contributed by atoms with Crippen LogP contribution in [0.25, 0.3) is 0 Å². The molecule has 1 N–H and O–H groups in total. The van der Waals surface area contributed by atoms with Gasteiger partial charge in [0.25, 0.3) is 0 Å². The fraction of sp³-hybridized carbons (Fsp3) is 0.857. The zero-order chi connectivity index (χ0) is 13.4. The van der Waals surface area contributed by atoms with Gasteiger partial charge in [-0.3, -0.25) is 9.59 Å². The van der Waals surface area contributed by atoms with Crippen molar-refractivity contribution in [3.05, 3.63) is 0 Å². The van der Waals surface area contributed by atoms with Crippen LogP contribution in [0.15, 0.2) is 0 Å². The molecule has 0 aromatic heterocycles. The van der Waals surface area contributed by atoms with Gasteiger partial charge in [-0.25, -0.2) is 0 Å². The van der Waals surface area contributed by atoms with Gasteiger partial charge in [-0.2, -0.15) is 0 Å². The van der Waals surface area contributed by atoms with Crippen molar-refractivity contribution in [2.45, 2.75) is 50.6 Å². The molecule has 2 amide bonds. The number of hydrogen-bond acceptors (Lipinski definition) is 3. The van der Waals surface area contributed by atoms with Crippen LogP contribution in [0, 0.1) is 5.92 Å². The molecule has 0 spiro atoms. The largest absolute Gasteiger partial charge is 0.395 e. The average molecular weight is 266 g/mol. The van der Waals surface area contributed by atoms with Crippen LogP contribution in [0.5, 0.6) is 0 Å². The SMILES string of the molecule is O=C1CC(C(=O)N(CCO)C2CCC2)CN1C1CC1. The van der Waals surface area contributed by atoms with Crippen LogP contribution < -0.4 is 0 Å². The molecule has 1 aliphatic heterocycles. The summed E-state index contributed by atoms with van der Waals surface area (Å²) in [5.74, 6) is 0.0360. The summed E-state index contributed by atoms with van der Waals surface area (Å²) in [4.78, 5) is 28.2. The summed E-state index contributed by atoms with van der Waals surface area (Å²) in [6.45, 7) is 1.02. The lowest BCUT2D eigenvalue weighted by atomic mass is 9.90. The maximum atomic E-state index is 12.5. The Bertz CT molecular complexity index is 377. The van der Waals surface area contributed by atoms with Gasteiger partial charge < -0.3 is 14.9 Å². The van der Waals surface area contributed by atoms with Gasteiger partial charge in [0.15, 0.2) is 0 Å². The second-order valence-corrected chi connectivity index (χ2v) is 6.02. The minimum absolute atomic E-state index is 0.00917. The molecule has 3 rings (SSSR count). The zero-order valence-corrected chi connectivity index (χ0v) is 11.3. The zero-order valence-electron chi connectivity index (χ0n) is 11.3. The summed E-state index contributed by atoms with van der Waals surface area (Å²) in [7, 11) is 0. The van der Waals surface area contributed by atoms with E-state index in [-0.39, 0.29) is 24.3 Å². The van der Waals surface area contributed by atoms with Gasteiger partial charge in [0.1, 0.15) is 0 Å². The third-order valence-corrected chi connectivity index (χ3v) is 4.63. The van der Waals surface area contributed by atoms with Gasteiger partial charge >= 0.3 is 0 Å². The Hall–Kier alpha value is -1.10. The van der Waals surface area contributed by atoms with Gasteiger partial charge in [-0.1, -0.05) is 0 Å². The highest BCUT2D eigenvalue weighted by molar-refractivity contribution is 5.89. The molecule has 5 heteroatoms. The molecule has 1 unspecified atom stereocenters. The van der Waals surface area contributed by atoms with Crippen LogP contribution in [0.2, 0.25) is 0 Å². The maximum Gasteiger partial charge on any atom is 0.228 e. The summed E-state index contributed by atoms with van der Waals surface area (Å²) in [6.07, 6.45) is 5.80.